The van der Waals surface area contributed by atoms with Gasteiger partial charge in [-0.3, -0.25) is 19.3 Å². The quantitative estimate of drug-likeness (QED) is 0.170. The number of pyridine rings is 2. The summed E-state index contributed by atoms with van der Waals surface area (Å²) < 4.78 is 22.4. The summed E-state index contributed by atoms with van der Waals surface area (Å²) in [5, 5.41) is 33.2. The number of hydrogen-bond donors (Lipinski definition) is 5. The zero-order valence-electron chi connectivity index (χ0n) is 22.7. The number of ether oxygens (including phenoxy) is 1. The van der Waals surface area contributed by atoms with E-state index in [1.54, 1.807) is 55.5 Å². The Balaban J connectivity index is 1.30. The summed E-state index contributed by atoms with van der Waals surface area (Å²) >= 11 is 0. The van der Waals surface area contributed by atoms with E-state index in [0.717, 1.165) is 6.07 Å². The number of halogens is 1. The van der Waals surface area contributed by atoms with E-state index in [2.05, 4.69) is 25.8 Å². The highest BCUT2D eigenvalue weighted by molar-refractivity contribution is 6.06. The lowest BCUT2D eigenvalue weighted by molar-refractivity contribution is 0.102. The third-order valence-corrected chi connectivity index (χ3v) is 6.77. The van der Waals surface area contributed by atoms with Gasteiger partial charge in [-0.05, 0) is 49.4 Å². The molecule has 3 aromatic carbocycles. The Morgan fingerprint density at radius 2 is 1.88 bits per heavy atom. The maximum atomic E-state index is 15.2. The summed E-state index contributed by atoms with van der Waals surface area (Å²) in [6.45, 7) is 1.63. The molecule has 0 bridgehead atoms. The van der Waals surface area contributed by atoms with Crippen LogP contribution in [0, 0.1) is 5.82 Å². The van der Waals surface area contributed by atoms with Gasteiger partial charge in [0.05, 0.1) is 12.1 Å². The van der Waals surface area contributed by atoms with Crippen molar-refractivity contribution < 1.29 is 24.1 Å². The van der Waals surface area contributed by atoms with Crippen LogP contribution in [-0.2, 0) is 0 Å². The van der Waals surface area contributed by atoms with Crippen molar-refractivity contribution in [2.24, 2.45) is 0 Å². The molecule has 43 heavy (non-hydrogen) atoms. The average Bonchev–Trinajstić information content (AvgIpc) is 3.42. The predicted molar refractivity (Wildman–Crippen MR) is 160 cm³/mol. The minimum absolute atomic E-state index is 0.0835. The molecule has 0 aliphatic heterocycles. The Bertz CT molecular complexity index is 2040. The number of carbonyl (C=O) groups is 1. The lowest BCUT2D eigenvalue weighted by Crippen LogP contribution is -2.28. The summed E-state index contributed by atoms with van der Waals surface area (Å²) in [5.41, 5.74) is 0.570. The number of H-pyrrole nitrogens is 1. The first-order valence-electron chi connectivity index (χ1n) is 13.3. The molecule has 0 fully saturated rings. The number of aromatic nitrogens is 4. The molecule has 216 valence electrons. The van der Waals surface area contributed by atoms with Crippen LogP contribution in [0.4, 0.5) is 15.9 Å². The Kier molecular flexibility index (Phi) is 7.18. The number of aromatic amines is 1. The van der Waals surface area contributed by atoms with Gasteiger partial charge in [0.25, 0.3) is 11.5 Å². The first kappa shape index (κ1) is 27.4. The fourth-order valence-electron chi connectivity index (χ4n) is 4.69. The largest absolute Gasteiger partial charge is 0.507 e. The number of carbonyl (C=O) groups excluding carboxylic acids is 1. The van der Waals surface area contributed by atoms with Crippen molar-refractivity contribution in [2.75, 3.05) is 17.2 Å². The van der Waals surface area contributed by atoms with Crippen LogP contribution in [-0.4, -0.2) is 48.5 Å². The van der Waals surface area contributed by atoms with Crippen LogP contribution in [0.25, 0.3) is 27.6 Å². The van der Waals surface area contributed by atoms with Gasteiger partial charge in [0.2, 0.25) is 0 Å². The minimum atomic E-state index is -0.782. The molecule has 0 saturated heterocycles. The second-order valence-corrected chi connectivity index (χ2v) is 9.78. The first-order chi connectivity index (χ1) is 20.8. The Morgan fingerprint density at radius 1 is 1.07 bits per heavy atom. The number of benzene rings is 3. The summed E-state index contributed by atoms with van der Waals surface area (Å²) in [6, 6.07) is 19.9. The normalized spacial score (nSPS) is 11.9. The van der Waals surface area contributed by atoms with E-state index in [1.807, 2.05) is 0 Å². The van der Waals surface area contributed by atoms with Crippen LogP contribution < -0.4 is 20.9 Å². The minimum Gasteiger partial charge on any atom is -0.507 e. The average molecular weight is 581 g/mol. The van der Waals surface area contributed by atoms with Gasteiger partial charge in [-0.1, -0.05) is 24.3 Å². The molecule has 1 amide bonds. The molecule has 0 aliphatic carbocycles. The lowest BCUT2D eigenvalue weighted by Gasteiger charge is -2.14. The maximum absolute atomic E-state index is 15.2. The molecular formula is C31H25FN6O5. The Hall–Kier alpha value is -5.75. The molecular weight excluding hydrogens is 555 g/mol. The van der Waals surface area contributed by atoms with Crippen LogP contribution in [0.1, 0.15) is 17.3 Å². The van der Waals surface area contributed by atoms with E-state index >= 15 is 4.39 Å². The molecule has 3 aromatic heterocycles. The van der Waals surface area contributed by atoms with E-state index < -0.39 is 17.3 Å². The number of fused-ring (bicyclic) bond motifs is 2. The number of aliphatic hydroxyl groups is 1. The van der Waals surface area contributed by atoms with Gasteiger partial charge >= 0.3 is 0 Å². The van der Waals surface area contributed by atoms with Crippen LogP contribution in [0.15, 0.2) is 89.9 Å². The number of phenols is 1. The van der Waals surface area contributed by atoms with Crippen molar-refractivity contribution in [1.82, 2.24) is 19.7 Å². The number of rotatable bonds is 8. The van der Waals surface area contributed by atoms with E-state index in [1.165, 1.54) is 35.0 Å². The number of anilines is 2. The van der Waals surface area contributed by atoms with Gasteiger partial charge in [0.15, 0.2) is 23.0 Å². The Morgan fingerprint density at radius 3 is 2.65 bits per heavy atom. The second kappa shape index (κ2) is 11.3. The van der Waals surface area contributed by atoms with E-state index in [9.17, 15) is 19.8 Å². The van der Waals surface area contributed by atoms with E-state index in [4.69, 9.17) is 4.74 Å². The number of para-hydroxylation sites is 1. The molecule has 3 heterocycles. The molecule has 1 unspecified atom stereocenters. The van der Waals surface area contributed by atoms with Crippen LogP contribution >= 0.6 is 0 Å². The zero-order chi connectivity index (χ0) is 30.1. The summed E-state index contributed by atoms with van der Waals surface area (Å²) in [7, 11) is 0. The van der Waals surface area contributed by atoms with Gasteiger partial charge in [-0.2, -0.15) is 5.10 Å². The molecule has 0 spiro atoms. The predicted octanol–water partition coefficient (Wildman–Crippen LogP) is 4.94. The number of nitrogens with one attached hydrogen (secondary N) is 3. The van der Waals surface area contributed by atoms with Crippen molar-refractivity contribution in [3.63, 3.8) is 0 Å². The molecule has 6 rings (SSSR count). The first-order valence-corrected chi connectivity index (χ1v) is 13.3. The molecule has 12 heteroatoms. The van der Waals surface area contributed by atoms with Gasteiger partial charge in [-0.15, -0.1) is 0 Å². The summed E-state index contributed by atoms with van der Waals surface area (Å²) in [6.07, 6.45) is 1.48. The molecule has 0 aliphatic rings. The fourth-order valence-corrected chi connectivity index (χ4v) is 4.69. The van der Waals surface area contributed by atoms with Crippen LogP contribution in [0.3, 0.4) is 0 Å². The number of aromatic hydroxyl groups is 1. The van der Waals surface area contributed by atoms with Crippen molar-refractivity contribution in [3.05, 3.63) is 107 Å². The van der Waals surface area contributed by atoms with Gasteiger partial charge in [-0.25, -0.2) is 9.37 Å². The topological polar surface area (TPSA) is 154 Å². The highest BCUT2D eigenvalue weighted by Gasteiger charge is 2.20. The smallest absolute Gasteiger partial charge is 0.268 e. The number of aliphatic hydroxyl groups excluding tert-OH is 1. The third-order valence-electron chi connectivity index (χ3n) is 6.77. The number of hydrogen-bond acceptors (Lipinski definition) is 8. The van der Waals surface area contributed by atoms with Crippen molar-refractivity contribution in [2.45, 2.75) is 13.0 Å². The van der Waals surface area contributed by atoms with Gasteiger partial charge < -0.3 is 25.6 Å². The standard InChI is InChI=1S/C31H25FN6O5/c1-17(16-39)34-29-27-26(12-13-33-28(27)36-37-29)43-25-11-10-18(14-22(25)32)35-30(41)21-15-20-23(8-5-9-24(20)40)38(31(21)42)19-6-3-2-4-7-19/h2-15,17,39-40H,16H2,1H3,(H,35,41)(H2,33,34,36,37). The SMILES string of the molecule is CC(CO)Nc1n[nH]c2nccc(Oc3ccc(NC(=O)c4cc5c(O)cccc5n(-c5ccccc5)c4=O)cc3F)c12. The highest BCUT2D eigenvalue weighted by atomic mass is 19.1. The highest BCUT2D eigenvalue weighted by Crippen LogP contribution is 2.35. The molecule has 6 aromatic rings. The molecule has 0 radical (unpaired) electrons. The van der Waals surface area contributed by atoms with E-state index in [0.29, 0.717) is 33.4 Å². The van der Waals surface area contributed by atoms with Crippen LogP contribution in [0.2, 0.25) is 0 Å². The zero-order valence-corrected chi connectivity index (χ0v) is 22.7. The van der Waals surface area contributed by atoms with Crippen molar-refractivity contribution in [3.8, 4) is 22.9 Å². The van der Waals surface area contributed by atoms with Crippen LogP contribution in [0.5, 0.6) is 17.2 Å². The molecule has 11 nitrogen and oxygen atoms in total. The molecule has 5 N–H and O–H groups in total. The van der Waals surface area contributed by atoms with Gasteiger partial charge in [0.1, 0.15) is 22.4 Å². The molecule has 0 saturated carbocycles. The number of phenolic OH excluding ortho intramolecular Hbond substituents is 1. The summed E-state index contributed by atoms with van der Waals surface area (Å²) in [5.74, 6) is -1.14. The second-order valence-electron chi connectivity index (χ2n) is 9.78. The monoisotopic (exact) mass is 580 g/mol. The number of amides is 1. The lowest BCUT2D eigenvalue weighted by atomic mass is 10.1. The Labute approximate surface area is 243 Å². The molecule has 1 atom stereocenters. The maximum Gasteiger partial charge on any atom is 0.268 e. The van der Waals surface area contributed by atoms with E-state index in [-0.39, 0.29) is 41.1 Å². The van der Waals surface area contributed by atoms with Crippen molar-refractivity contribution >= 4 is 39.3 Å². The van der Waals surface area contributed by atoms with Crippen molar-refractivity contribution in [1.29, 1.82) is 0 Å². The summed E-state index contributed by atoms with van der Waals surface area (Å²) in [4.78, 5) is 31.1. The van der Waals surface area contributed by atoms with Gasteiger partial charge in [0, 0.05) is 41.1 Å². The third kappa shape index (κ3) is 5.22. The number of nitrogens with zero attached hydrogens (tertiary/aromatic N) is 3. The fraction of sp³-hybridized carbons (Fsp3) is 0.0968.